The van der Waals surface area contributed by atoms with E-state index < -0.39 is 6.10 Å². The minimum absolute atomic E-state index is 0.525. The lowest BCUT2D eigenvalue weighted by molar-refractivity contribution is 0.213. The minimum Gasteiger partial charge on any atom is -0.495 e. The van der Waals surface area contributed by atoms with E-state index >= 15 is 0 Å². The van der Waals surface area contributed by atoms with E-state index in [1.807, 2.05) is 6.92 Å². The maximum absolute atomic E-state index is 10.3. The number of rotatable bonds is 3. The van der Waals surface area contributed by atoms with Crippen molar-refractivity contribution in [2.24, 2.45) is 0 Å². The molecular formula is C13H12BrClO3. The molecule has 0 spiro atoms. The maximum Gasteiger partial charge on any atom is 0.139 e. The van der Waals surface area contributed by atoms with Crippen LogP contribution in [0, 0.1) is 6.92 Å². The van der Waals surface area contributed by atoms with Gasteiger partial charge >= 0.3 is 0 Å². The number of ether oxygens (including phenoxy) is 1. The quantitative estimate of drug-likeness (QED) is 0.921. The zero-order chi connectivity index (χ0) is 13.3. The van der Waals surface area contributed by atoms with Crippen LogP contribution in [0.2, 0.25) is 5.02 Å². The first-order valence-corrected chi connectivity index (χ1v) is 6.46. The van der Waals surface area contributed by atoms with Gasteiger partial charge in [-0.25, -0.2) is 0 Å². The molecule has 0 amide bonds. The van der Waals surface area contributed by atoms with Gasteiger partial charge in [-0.1, -0.05) is 11.6 Å². The molecule has 2 aromatic rings. The summed E-state index contributed by atoms with van der Waals surface area (Å²) in [4.78, 5) is 0. The van der Waals surface area contributed by atoms with E-state index in [2.05, 4.69) is 15.9 Å². The Kier molecular flexibility index (Phi) is 4.00. The fourth-order valence-corrected chi connectivity index (χ4v) is 2.78. The highest BCUT2D eigenvalue weighted by molar-refractivity contribution is 9.10. The molecule has 0 fully saturated rings. The highest BCUT2D eigenvalue weighted by Crippen LogP contribution is 2.38. The molecule has 0 aliphatic carbocycles. The van der Waals surface area contributed by atoms with Crippen molar-refractivity contribution in [2.45, 2.75) is 13.0 Å². The summed E-state index contributed by atoms with van der Waals surface area (Å²) in [5.74, 6) is 1.30. The van der Waals surface area contributed by atoms with E-state index in [4.69, 9.17) is 20.8 Å². The van der Waals surface area contributed by atoms with Crippen molar-refractivity contribution in [3.05, 3.63) is 50.8 Å². The number of aryl methyl sites for hydroxylation is 1. The second kappa shape index (κ2) is 5.34. The van der Waals surface area contributed by atoms with Gasteiger partial charge in [0.15, 0.2) is 0 Å². The summed E-state index contributed by atoms with van der Waals surface area (Å²) in [6.07, 6.45) is 0.682. The van der Waals surface area contributed by atoms with Crippen molar-refractivity contribution in [3.8, 4) is 5.75 Å². The average molecular weight is 332 g/mol. The Morgan fingerprint density at radius 1 is 1.39 bits per heavy atom. The van der Waals surface area contributed by atoms with Gasteiger partial charge in [0.05, 0.1) is 17.8 Å². The van der Waals surface area contributed by atoms with Crippen LogP contribution < -0.4 is 4.74 Å². The van der Waals surface area contributed by atoms with Crippen LogP contribution >= 0.6 is 27.5 Å². The summed E-state index contributed by atoms with van der Waals surface area (Å²) >= 11 is 9.36. The van der Waals surface area contributed by atoms with Gasteiger partial charge in [-0.05, 0) is 41.1 Å². The van der Waals surface area contributed by atoms with Crippen LogP contribution in [-0.2, 0) is 0 Å². The molecule has 1 atom stereocenters. The molecule has 1 unspecified atom stereocenters. The number of hydrogen-bond acceptors (Lipinski definition) is 3. The Morgan fingerprint density at radius 3 is 2.67 bits per heavy atom. The number of furan rings is 1. The first-order chi connectivity index (χ1) is 8.52. The van der Waals surface area contributed by atoms with E-state index in [1.54, 1.807) is 25.3 Å². The van der Waals surface area contributed by atoms with Crippen LogP contribution in [0.15, 0.2) is 33.4 Å². The van der Waals surface area contributed by atoms with Gasteiger partial charge in [0.25, 0.3) is 0 Å². The normalized spacial score (nSPS) is 12.5. The van der Waals surface area contributed by atoms with Crippen LogP contribution in [-0.4, -0.2) is 12.2 Å². The fraction of sp³-hybridized carbons (Fsp3) is 0.231. The Balaban J connectivity index is 2.49. The molecule has 5 heteroatoms. The molecule has 0 bridgehead atoms. The van der Waals surface area contributed by atoms with E-state index in [0.29, 0.717) is 26.4 Å². The Bertz CT molecular complexity index is 565. The first kappa shape index (κ1) is 13.5. The lowest BCUT2D eigenvalue weighted by Gasteiger charge is -2.15. The highest BCUT2D eigenvalue weighted by atomic mass is 79.9. The molecule has 96 valence electrons. The molecule has 0 radical (unpaired) electrons. The standard InChI is InChI=1S/C13H12BrClO3/c1-7-3-8(6-18-7)12(16)10-4-9(15)5-11(14)13(10)17-2/h3-6,12,16H,1-2H3. The molecule has 2 rings (SSSR count). The fourth-order valence-electron chi connectivity index (χ4n) is 1.79. The molecule has 0 aliphatic heterocycles. The van der Waals surface area contributed by atoms with Crippen LogP contribution in [0.3, 0.4) is 0 Å². The molecule has 1 N–H and O–H groups in total. The molecule has 3 nitrogen and oxygen atoms in total. The third kappa shape index (κ3) is 2.55. The summed E-state index contributed by atoms with van der Waals surface area (Å²) in [6, 6.07) is 5.17. The number of aliphatic hydroxyl groups is 1. The molecular weight excluding hydrogens is 319 g/mol. The van der Waals surface area contributed by atoms with Gasteiger partial charge in [0.1, 0.15) is 17.6 Å². The van der Waals surface area contributed by atoms with Gasteiger partial charge in [-0.2, -0.15) is 0 Å². The van der Waals surface area contributed by atoms with Crippen molar-refractivity contribution < 1.29 is 14.3 Å². The van der Waals surface area contributed by atoms with Gasteiger partial charge in [-0.15, -0.1) is 0 Å². The molecule has 0 aliphatic rings. The van der Waals surface area contributed by atoms with Gasteiger partial charge in [-0.3, -0.25) is 0 Å². The van der Waals surface area contributed by atoms with Crippen molar-refractivity contribution in [1.82, 2.24) is 0 Å². The van der Waals surface area contributed by atoms with Crippen molar-refractivity contribution in [2.75, 3.05) is 7.11 Å². The van der Waals surface area contributed by atoms with Crippen LogP contribution in [0.1, 0.15) is 23.0 Å². The predicted octanol–water partition coefficient (Wildman–Crippen LogP) is 4.09. The second-order valence-corrected chi connectivity index (χ2v) is 5.19. The van der Waals surface area contributed by atoms with Crippen molar-refractivity contribution in [1.29, 1.82) is 0 Å². The Morgan fingerprint density at radius 2 is 2.11 bits per heavy atom. The lowest BCUT2D eigenvalue weighted by atomic mass is 10.0. The van der Waals surface area contributed by atoms with Crippen LogP contribution in [0.4, 0.5) is 0 Å². The smallest absolute Gasteiger partial charge is 0.139 e. The summed E-state index contributed by atoms with van der Waals surface area (Å²) in [5, 5.41) is 10.9. The number of aliphatic hydroxyl groups excluding tert-OH is 1. The minimum atomic E-state index is -0.840. The van der Waals surface area contributed by atoms with Crippen LogP contribution in [0.25, 0.3) is 0 Å². The van der Waals surface area contributed by atoms with E-state index in [1.165, 1.54) is 6.26 Å². The summed E-state index contributed by atoms with van der Waals surface area (Å²) < 4.78 is 11.2. The lowest BCUT2D eigenvalue weighted by Crippen LogP contribution is -2.02. The number of methoxy groups -OCH3 is 1. The second-order valence-electron chi connectivity index (χ2n) is 3.90. The van der Waals surface area contributed by atoms with Gasteiger partial charge in [0.2, 0.25) is 0 Å². The highest BCUT2D eigenvalue weighted by Gasteiger charge is 2.20. The average Bonchev–Trinajstić information content (AvgIpc) is 2.74. The number of halogens is 2. The number of hydrogen-bond donors (Lipinski definition) is 1. The zero-order valence-electron chi connectivity index (χ0n) is 9.91. The third-order valence-electron chi connectivity index (χ3n) is 2.60. The summed E-state index contributed by atoms with van der Waals surface area (Å²) in [7, 11) is 1.55. The predicted molar refractivity (Wildman–Crippen MR) is 73.2 cm³/mol. The summed E-state index contributed by atoms with van der Waals surface area (Å²) in [5.41, 5.74) is 1.26. The molecule has 0 saturated heterocycles. The molecule has 0 saturated carbocycles. The van der Waals surface area contributed by atoms with E-state index in [-0.39, 0.29) is 0 Å². The van der Waals surface area contributed by atoms with Crippen LogP contribution in [0.5, 0.6) is 5.75 Å². The molecule has 1 heterocycles. The van der Waals surface area contributed by atoms with Gasteiger partial charge in [0, 0.05) is 16.1 Å². The Labute approximate surface area is 118 Å². The first-order valence-electron chi connectivity index (χ1n) is 5.29. The molecule has 1 aromatic carbocycles. The maximum atomic E-state index is 10.3. The van der Waals surface area contributed by atoms with E-state index in [0.717, 1.165) is 5.76 Å². The van der Waals surface area contributed by atoms with Gasteiger partial charge < -0.3 is 14.3 Å². The largest absolute Gasteiger partial charge is 0.495 e. The topological polar surface area (TPSA) is 42.6 Å². The molecule has 18 heavy (non-hydrogen) atoms. The van der Waals surface area contributed by atoms with Crippen molar-refractivity contribution >= 4 is 27.5 Å². The zero-order valence-corrected chi connectivity index (χ0v) is 12.2. The SMILES string of the molecule is COc1c(Br)cc(Cl)cc1C(O)c1coc(C)c1. The Hall–Kier alpha value is -0.970. The third-order valence-corrected chi connectivity index (χ3v) is 3.41. The number of benzene rings is 1. The summed E-state index contributed by atoms with van der Waals surface area (Å²) in [6.45, 7) is 1.82. The van der Waals surface area contributed by atoms with E-state index in [9.17, 15) is 5.11 Å². The molecule has 1 aromatic heterocycles. The van der Waals surface area contributed by atoms with Crippen molar-refractivity contribution in [3.63, 3.8) is 0 Å². The monoisotopic (exact) mass is 330 g/mol.